The quantitative estimate of drug-likeness (QED) is 0.663. The first kappa shape index (κ1) is 17.6. The number of fused-ring (bicyclic) bond motifs is 3. The minimum Gasteiger partial charge on any atom is -0.381 e. The molecule has 6 nitrogen and oxygen atoms in total. The molecular weight excluding hydrogens is 374 g/mol. The molecule has 0 amide bonds. The molecule has 0 aliphatic carbocycles. The normalized spacial score (nSPS) is 20.3. The zero-order chi connectivity index (χ0) is 18.7. The fraction of sp³-hybridized carbons (Fsp3) is 0.389. The fourth-order valence-electron chi connectivity index (χ4n) is 3.24. The summed E-state index contributed by atoms with van der Waals surface area (Å²) < 4.78 is 6.27. The second-order valence-corrected chi connectivity index (χ2v) is 8.94. The van der Waals surface area contributed by atoms with Gasteiger partial charge in [-0.2, -0.15) is 0 Å². The lowest BCUT2D eigenvalue weighted by Gasteiger charge is -2.43. The Morgan fingerprint density at radius 2 is 2.19 bits per heavy atom. The molecule has 1 aliphatic rings. The number of aromatic amines is 1. The molecule has 0 saturated heterocycles. The van der Waals surface area contributed by atoms with E-state index in [4.69, 9.17) is 16.3 Å². The molecule has 136 valence electrons. The highest BCUT2D eigenvalue weighted by atomic mass is 35.5. The third-order valence-electron chi connectivity index (χ3n) is 4.92. The third kappa shape index (κ3) is 2.50. The Balaban J connectivity index is 2.00. The highest BCUT2D eigenvalue weighted by Gasteiger charge is 2.47. The van der Waals surface area contributed by atoms with Crippen LogP contribution in [0.25, 0.3) is 20.7 Å². The topological polar surface area (TPSA) is 88.1 Å². The number of nitrogens with one attached hydrogen (secondary N) is 1. The molecule has 0 aromatic carbocycles. The summed E-state index contributed by atoms with van der Waals surface area (Å²) in [5.41, 5.74) is -0.0951. The molecule has 4 heterocycles. The van der Waals surface area contributed by atoms with Gasteiger partial charge in [-0.15, -0.1) is 11.3 Å². The molecule has 1 atom stereocenters. The second kappa shape index (κ2) is 5.85. The van der Waals surface area contributed by atoms with Gasteiger partial charge in [0.25, 0.3) is 5.56 Å². The van der Waals surface area contributed by atoms with Crippen LogP contribution in [0.15, 0.2) is 23.4 Å². The smallest absolute Gasteiger partial charge is 0.266 e. The van der Waals surface area contributed by atoms with Crippen molar-refractivity contribution in [3.63, 3.8) is 0 Å². The van der Waals surface area contributed by atoms with Crippen LogP contribution in [0.3, 0.4) is 0 Å². The summed E-state index contributed by atoms with van der Waals surface area (Å²) >= 11 is 7.52. The number of ether oxygens (including phenoxy) is 1. The first-order valence-electron chi connectivity index (χ1n) is 8.17. The highest BCUT2D eigenvalue weighted by molar-refractivity contribution is 7.22. The van der Waals surface area contributed by atoms with Crippen molar-refractivity contribution in [1.82, 2.24) is 15.0 Å². The molecular formula is C18H18ClN3O3S. The SMILES string of the molecule is CC(C)(C)[C@@]1(O)COCc2c1[nH]c(=O)c1sc(-c3ncncc3Cl)cc21. The van der Waals surface area contributed by atoms with Gasteiger partial charge in [0.1, 0.15) is 22.3 Å². The van der Waals surface area contributed by atoms with E-state index < -0.39 is 11.0 Å². The van der Waals surface area contributed by atoms with E-state index in [2.05, 4.69) is 15.0 Å². The molecule has 0 radical (unpaired) electrons. The van der Waals surface area contributed by atoms with Gasteiger partial charge in [0, 0.05) is 17.1 Å². The lowest BCUT2D eigenvalue weighted by Crippen LogP contribution is -2.48. The van der Waals surface area contributed by atoms with Gasteiger partial charge in [-0.1, -0.05) is 32.4 Å². The number of H-pyrrole nitrogens is 1. The third-order valence-corrected chi connectivity index (χ3v) is 6.33. The lowest BCUT2D eigenvalue weighted by molar-refractivity contribution is -0.139. The fourth-order valence-corrected chi connectivity index (χ4v) is 4.60. The van der Waals surface area contributed by atoms with Crippen LogP contribution in [-0.2, 0) is 16.9 Å². The Hall–Kier alpha value is -1.80. The first-order valence-corrected chi connectivity index (χ1v) is 9.37. The average Bonchev–Trinajstić information content (AvgIpc) is 3.01. The summed E-state index contributed by atoms with van der Waals surface area (Å²) in [5.74, 6) is 0. The largest absolute Gasteiger partial charge is 0.381 e. The predicted octanol–water partition coefficient (Wildman–Crippen LogP) is 3.46. The number of rotatable bonds is 1. The van der Waals surface area contributed by atoms with Gasteiger partial charge in [0.2, 0.25) is 0 Å². The zero-order valence-electron chi connectivity index (χ0n) is 14.6. The molecule has 0 spiro atoms. The number of halogens is 1. The van der Waals surface area contributed by atoms with E-state index in [1.807, 2.05) is 26.8 Å². The molecule has 3 aromatic heterocycles. The van der Waals surface area contributed by atoms with Crippen molar-refractivity contribution in [1.29, 1.82) is 0 Å². The van der Waals surface area contributed by atoms with E-state index in [-0.39, 0.29) is 12.2 Å². The zero-order valence-corrected chi connectivity index (χ0v) is 16.2. The van der Waals surface area contributed by atoms with E-state index in [9.17, 15) is 9.90 Å². The highest BCUT2D eigenvalue weighted by Crippen LogP contribution is 2.45. The Morgan fingerprint density at radius 3 is 2.88 bits per heavy atom. The maximum atomic E-state index is 12.7. The van der Waals surface area contributed by atoms with Gasteiger partial charge in [-0.3, -0.25) is 4.79 Å². The van der Waals surface area contributed by atoms with Crippen LogP contribution in [-0.4, -0.2) is 26.7 Å². The number of nitrogens with zero attached hydrogens (tertiary/aromatic N) is 2. The van der Waals surface area contributed by atoms with Crippen LogP contribution in [0.1, 0.15) is 32.0 Å². The van der Waals surface area contributed by atoms with Crippen molar-refractivity contribution >= 4 is 33.0 Å². The molecule has 4 rings (SSSR count). The summed E-state index contributed by atoms with van der Waals surface area (Å²) in [4.78, 5) is 24.5. The summed E-state index contributed by atoms with van der Waals surface area (Å²) in [6, 6.07) is 1.89. The van der Waals surface area contributed by atoms with E-state index in [0.717, 1.165) is 15.8 Å². The number of aliphatic hydroxyl groups is 1. The van der Waals surface area contributed by atoms with E-state index in [1.165, 1.54) is 23.9 Å². The predicted molar refractivity (Wildman–Crippen MR) is 101 cm³/mol. The molecule has 1 aliphatic heterocycles. The number of pyridine rings is 1. The van der Waals surface area contributed by atoms with Gasteiger partial charge in [0.05, 0.1) is 28.8 Å². The summed E-state index contributed by atoms with van der Waals surface area (Å²) in [6.45, 7) is 6.24. The van der Waals surface area contributed by atoms with Crippen molar-refractivity contribution in [2.45, 2.75) is 33.0 Å². The standard InChI is InChI=1S/C18H18ClN3O3S/c1-17(2,3)18(24)7-25-6-10-9-4-12(13-11(19)5-20-8-21-13)26-14(9)16(23)22-15(10)18/h4-5,8,24H,6-7H2,1-3H3,(H,22,23)/t18-/m1/s1. The van der Waals surface area contributed by atoms with Crippen LogP contribution >= 0.6 is 22.9 Å². The molecule has 8 heteroatoms. The molecule has 3 aromatic rings. The Labute approximate surface area is 158 Å². The molecule has 0 unspecified atom stereocenters. The van der Waals surface area contributed by atoms with Crippen LogP contribution in [0, 0.1) is 5.41 Å². The van der Waals surface area contributed by atoms with Gasteiger partial charge in [0.15, 0.2) is 0 Å². The van der Waals surface area contributed by atoms with Crippen LogP contribution in [0.4, 0.5) is 0 Å². The van der Waals surface area contributed by atoms with Crippen molar-refractivity contribution < 1.29 is 9.84 Å². The Kier molecular flexibility index (Phi) is 3.96. The number of thiophene rings is 1. The van der Waals surface area contributed by atoms with Gasteiger partial charge in [-0.05, 0) is 11.5 Å². The maximum Gasteiger partial charge on any atom is 0.266 e. The van der Waals surface area contributed by atoms with Crippen molar-refractivity contribution in [3.8, 4) is 10.6 Å². The van der Waals surface area contributed by atoms with Crippen LogP contribution < -0.4 is 5.56 Å². The van der Waals surface area contributed by atoms with Gasteiger partial charge >= 0.3 is 0 Å². The van der Waals surface area contributed by atoms with Crippen molar-refractivity contribution in [3.05, 3.63) is 45.2 Å². The number of hydrogen-bond acceptors (Lipinski definition) is 6. The van der Waals surface area contributed by atoms with Crippen LogP contribution in [0.5, 0.6) is 0 Å². The molecule has 0 saturated carbocycles. The van der Waals surface area contributed by atoms with Crippen molar-refractivity contribution in [2.24, 2.45) is 5.41 Å². The molecule has 26 heavy (non-hydrogen) atoms. The van der Waals surface area contributed by atoms with Crippen molar-refractivity contribution in [2.75, 3.05) is 6.61 Å². The summed E-state index contributed by atoms with van der Waals surface area (Å²) in [5, 5.41) is 12.5. The van der Waals surface area contributed by atoms with E-state index in [0.29, 0.717) is 27.7 Å². The minimum atomic E-state index is -1.28. The Morgan fingerprint density at radius 1 is 1.42 bits per heavy atom. The first-order chi connectivity index (χ1) is 12.2. The molecule has 0 bridgehead atoms. The summed E-state index contributed by atoms with van der Waals surface area (Å²) in [7, 11) is 0. The summed E-state index contributed by atoms with van der Waals surface area (Å²) in [6.07, 6.45) is 2.95. The monoisotopic (exact) mass is 391 g/mol. The molecule has 0 fully saturated rings. The second-order valence-electron chi connectivity index (χ2n) is 7.48. The maximum absolute atomic E-state index is 12.7. The van der Waals surface area contributed by atoms with Crippen LogP contribution in [0.2, 0.25) is 5.02 Å². The minimum absolute atomic E-state index is 0.139. The lowest BCUT2D eigenvalue weighted by atomic mass is 9.72. The van der Waals surface area contributed by atoms with E-state index in [1.54, 1.807) is 0 Å². The number of hydrogen-bond donors (Lipinski definition) is 2. The average molecular weight is 392 g/mol. The van der Waals surface area contributed by atoms with E-state index >= 15 is 0 Å². The van der Waals surface area contributed by atoms with Gasteiger partial charge < -0.3 is 14.8 Å². The molecule has 2 N–H and O–H groups in total. The number of aromatic nitrogens is 3. The Bertz CT molecular complexity index is 1070. The van der Waals surface area contributed by atoms with Gasteiger partial charge in [-0.25, -0.2) is 9.97 Å².